The number of para-hydroxylation sites is 1. The molecule has 0 N–H and O–H groups in total. The molecule has 1 fully saturated rings. The lowest BCUT2D eigenvalue weighted by molar-refractivity contribution is -0.135. The summed E-state index contributed by atoms with van der Waals surface area (Å²) in [6, 6.07) is 7.63. The molecule has 2 aliphatic rings. The average molecular weight is 485 g/mol. The quantitative estimate of drug-likeness (QED) is 0.451. The first kappa shape index (κ1) is 27.5. The molecule has 1 heterocycles. The van der Waals surface area contributed by atoms with E-state index in [1.54, 1.807) is 0 Å². The number of carbonyl (C=O) groups excluding carboxylic acids is 2. The SMILES string of the molecule is CCN1CCCCCCN(C(=O)CCC2CCCCC2)[C@@H](CC(C)C)COc2ccccc2C1=O. The molecule has 5 heteroatoms. The Kier molecular flexibility index (Phi) is 11.4. The molecule has 0 radical (unpaired) electrons. The molecule has 1 aromatic rings. The van der Waals surface area contributed by atoms with Crippen LogP contribution in [0.5, 0.6) is 5.75 Å². The van der Waals surface area contributed by atoms with Gasteiger partial charge in [0.05, 0.1) is 11.6 Å². The van der Waals surface area contributed by atoms with Crippen LogP contribution in [0.3, 0.4) is 0 Å². The second kappa shape index (κ2) is 14.5. The Labute approximate surface area is 213 Å². The fourth-order valence-electron chi connectivity index (χ4n) is 5.75. The lowest BCUT2D eigenvalue weighted by Gasteiger charge is -2.34. The summed E-state index contributed by atoms with van der Waals surface area (Å²) in [5.74, 6) is 2.14. The van der Waals surface area contributed by atoms with Crippen LogP contribution in [0.1, 0.15) is 108 Å². The van der Waals surface area contributed by atoms with Gasteiger partial charge < -0.3 is 14.5 Å². The third-order valence-corrected chi connectivity index (χ3v) is 7.79. The van der Waals surface area contributed by atoms with E-state index in [0.717, 1.165) is 51.6 Å². The third kappa shape index (κ3) is 8.54. The highest BCUT2D eigenvalue weighted by Crippen LogP contribution is 2.28. The van der Waals surface area contributed by atoms with Crippen molar-refractivity contribution in [2.75, 3.05) is 26.2 Å². The number of carbonyl (C=O) groups is 2. The highest BCUT2D eigenvalue weighted by Gasteiger charge is 2.27. The fraction of sp³-hybridized carbons (Fsp3) is 0.733. The molecular weight excluding hydrogens is 436 g/mol. The monoisotopic (exact) mass is 484 g/mol. The average Bonchev–Trinajstić information content (AvgIpc) is 2.87. The molecule has 1 aromatic carbocycles. The number of fused-ring (bicyclic) bond motifs is 1. The molecule has 0 unspecified atom stereocenters. The van der Waals surface area contributed by atoms with Crippen molar-refractivity contribution in [1.82, 2.24) is 9.80 Å². The maximum atomic E-state index is 13.6. The Morgan fingerprint density at radius 3 is 2.40 bits per heavy atom. The Balaban J connectivity index is 1.78. The molecule has 1 aliphatic heterocycles. The van der Waals surface area contributed by atoms with Gasteiger partial charge in [-0.3, -0.25) is 9.59 Å². The standard InChI is InChI=1S/C30H48N2O3/c1-4-31-20-12-5-6-13-21-32(29(33)19-18-25-14-8-7-9-15-25)26(22-24(2)3)23-35-28-17-11-10-16-27(28)30(31)34/h10-11,16-17,24-26H,4-9,12-15,18-23H2,1-3H3/t26-/m0/s1. The number of hydrogen-bond donors (Lipinski definition) is 0. The van der Waals surface area contributed by atoms with Crippen molar-refractivity contribution in [1.29, 1.82) is 0 Å². The van der Waals surface area contributed by atoms with Crippen LogP contribution < -0.4 is 4.74 Å². The molecular formula is C30H48N2O3. The highest BCUT2D eigenvalue weighted by molar-refractivity contribution is 5.96. The number of amides is 2. The van der Waals surface area contributed by atoms with E-state index in [0.29, 0.717) is 48.6 Å². The number of ether oxygens (including phenoxy) is 1. The van der Waals surface area contributed by atoms with Crippen LogP contribution in [0.4, 0.5) is 0 Å². The summed E-state index contributed by atoms with van der Waals surface area (Å²) < 4.78 is 6.34. The van der Waals surface area contributed by atoms with E-state index in [4.69, 9.17) is 4.74 Å². The molecule has 35 heavy (non-hydrogen) atoms. The number of nitrogens with zero attached hydrogens (tertiary/aromatic N) is 2. The summed E-state index contributed by atoms with van der Waals surface area (Å²) >= 11 is 0. The normalized spacial score (nSPS) is 21.4. The molecule has 3 rings (SSSR count). The van der Waals surface area contributed by atoms with Crippen LogP contribution in [0.15, 0.2) is 24.3 Å². The Bertz CT molecular complexity index is 788. The molecule has 0 aromatic heterocycles. The number of hydrogen-bond acceptors (Lipinski definition) is 3. The first-order chi connectivity index (χ1) is 17.0. The highest BCUT2D eigenvalue weighted by atomic mass is 16.5. The maximum Gasteiger partial charge on any atom is 0.257 e. The predicted octanol–water partition coefficient (Wildman–Crippen LogP) is 6.71. The molecule has 0 bridgehead atoms. The van der Waals surface area contributed by atoms with Gasteiger partial charge in [-0.15, -0.1) is 0 Å². The van der Waals surface area contributed by atoms with E-state index in [1.807, 2.05) is 36.1 Å². The van der Waals surface area contributed by atoms with Crippen molar-refractivity contribution >= 4 is 11.8 Å². The van der Waals surface area contributed by atoms with E-state index in [9.17, 15) is 9.59 Å². The second-order valence-corrected chi connectivity index (χ2v) is 11.0. The summed E-state index contributed by atoms with van der Waals surface area (Å²) in [6.07, 6.45) is 13.3. The summed E-state index contributed by atoms with van der Waals surface area (Å²) in [5, 5.41) is 0. The van der Waals surface area contributed by atoms with Crippen LogP contribution in [-0.4, -0.2) is 53.9 Å². The van der Waals surface area contributed by atoms with Gasteiger partial charge in [-0.1, -0.05) is 70.9 Å². The van der Waals surface area contributed by atoms with Crippen LogP contribution in [-0.2, 0) is 4.79 Å². The molecule has 196 valence electrons. The molecule has 1 aliphatic carbocycles. The van der Waals surface area contributed by atoms with E-state index >= 15 is 0 Å². The van der Waals surface area contributed by atoms with E-state index in [2.05, 4.69) is 18.7 Å². The zero-order valence-corrected chi connectivity index (χ0v) is 22.5. The molecule has 1 saturated carbocycles. The number of rotatable bonds is 6. The van der Waals surface area contributed by atoms with Gasteiger partial charge in [-0.05, 0) is 56.6 Å². The predicted molar refractivity (Wildman–Crippen MR) is 143 cm³/mol. The zero-order valence-electron chi connectivity index (χ0n) is 22.5. The van der Waals surface area contributed by atoms with Gasteiger partial charge in [-0.25, -0.2) is 0 Å². The van der Waals surface area contributed by atoms with Gasteiger partial charge in [0.1, 0.15) is 12.4 Å². The van der Waals surface area contributed by atoms with E-state index < -0.39 is 0 Å². The topological polar surface area (TPSA) is 49.9 Å². The molecule has 0 saturated heterocycles. The summed E-state index contributed by atoms with van der Waals surface area (Å²) in [5.41, 5.74) is 0.630. The summed E-state index contributed by atoms with van der Waals surface area (Å²) in [7, 11) is 0. The van der Waals surface area contributed by atoms with Crippen molar-refractivity contribution in [2.24, 2.45) is 11.8 Å². The van der Waals surface area contributed by atoms with Crippen LogP contribution in [0, 0.1) is 11.8 Å². The molecule has 1 atom stereocenters. The Morgan fingerprint density at radius 2 is 1.69 bits per heavy atom. The minimum atomic E-state index is 0.0298. The molecule has 2 amide bonds. The van der Waals surface area contributed by atoms with E-state index in [1.165, 1.54) is 32.1 Å². The number of benzene rings is 1. The Morgan fingerprint density at radius 1 is 1.00 bits per heavy atom. The largest absolute Gasteiger partial charge is 0.491 e. The fourth-order valence-corrected chi connectivity index (χ4v) is 5.75. The van der Waals surface area contributed by atoms with E-state index in [-0.39, 0.29) is 11.9 Å². The Hall–Kier alpha value is -2.04. The summed E-state index contributed by atoms with van der Waals surface area (Å²) in [6.45, 7) is 9.18. The van der Waals surface area contributed by atoms with Crippen molar-refractivity contribution in [3.8, 4) is 5.75 Å². The first-order valence-corrected chi connectivity index (χ1v) is 14.3. The van der Waals surface area contributed by atoms with Gasteiger partial charge in [0.15, 0.2) is 0 Å². The lowest BCUT2D eigenvalue weighted by atomic mass is 9.86. The molecule has 5 nitrogen and oxygen atoms in total. The maximum absolute atomic E-state index is 13.6. The molecule has 0 spiro atoms. The second-order valence-electron chi connectivity index (χ2n) is 11.0. The van der Waals surface area contributed by atoms with Gasteiger partial charge >= 0.3 is 0 Å². The lowest BCUT2D eigenvalue weighted by Crippen LogP contribution is -2.45. The minimum absolute atomic E-state index is 0.0298. The van der Waals surface area contributed by atoms with Gasteiger partial charge in [0, 0.05) is 26.1 Å². The van der Waals surface area contributed by atoms with Crippen molar-refractivity contribution in [3.05, 3.63) is 29.8 Å². The zero-order chi connectivity index (χ0) is 25.0. The first-order valence-electron chi connectivity index (χ1n) is 14.3. The van der Waals surface area contributed by atoms with Crippen LogP contribution >= 0.6 is 0 Å². The van der Waals surface area contributed by atoms with Gasteiger partial charge in [-0.2, -0.15) is 0 Å². The van der Waals surface area contributed by atoms with Crippen molar-refractivity contribution in [3.63, 3.8) is 0 Å². The van der Waals surface area contributed by atoms with Gasteiger partial charge in [0.2, 0.25) is 5.91 Å². The smallest absolute Gasteiger partial charge is 0.257 e. The summed E-state index contributed by atoms with van der Waals surface area (Å²) in [4.78, 5) is 30.9. The van der Waals surface area contributed by atoms with Gasteiger partial charge in [0.25, 0.3) is 5.91 Å². The third-order valence-electron chi connectivity index (χ3n) is 7.79. The van der Waals surface area contributed by atoms with Crippen molar-refractivity contribution < 1.29 is 14.3 Å². The minimum Gasteiger partial charge on any atom is -0.491 e. The van der Waals surface area contributed by atoms with Crippen LogP contribution in [0.25, 0.3) is 0 Å². The van der Waals surface area contributed by atoms with Crippen molar-refractivity contribution in [2.45, 2.75) is 104 Å². The van der Waals surface area contributed by atoms with Crippen LogP contribution in [0.2, 0.25) is 0 Å².